The summed E-state index contributed by atoms with van der Waals surface area (Å²) in [7, 11) is 1.72. The van der Waals surface area contributed by atoms with E-state index in [0.29, 0.717) is 12.5 Å². The lowest BCUT2D eigenvalue weighted by molar-refractivity contribution is -0.144. The fourth-order valence-electron chi connectivity index (χ4n) is 3.25. The van der Waals surface area contributed by atoms with E-state index in [2.05, 4.69) is 15.1 Å². The Kier molecular flexibility index (Phi) is 5.98. The summed E-state index contributed by atoms with van der Waals surface area (Å²) < 4.78 is 5.41. The van der Waals surface area contributed by atoms with Crippen LogP contribution in [0.25, 0.3) is 0 Å². The second-order valence-electron chi connectivity index (χ2n) is 6.38. The number of carboxylic acids is 1. The van der Waals surface area contributed by atoms with Gasteiger partial charge >= 0.3 is 5.97 Å². The summed E-state index contributed by atoms with van der Waals surface area (Å²) in [6.07, 6.45) is 2.80. The number of carbonyl (C=O) groups is 1. The molecule has 2 aliphatic rings. The highest BCUT2D eigenvalue weighted by Crippen LogP contribution is 2.19. The van der Waals surface area contributed by atoms with E-state index in [-0.39, 0.29) is 0 Å². The van der Waals surface area contributed by atoms with Crippen LogP contribution in [0.1, 0.15) is 26.2 Å². The molecule has 6 heteroatoms. The Hall–Kier alpha value is -0.690. The Balaban J connectivity index is 1.69. The van der Waals surface area contributed by atoms with Crippen LogP contribution in [0.2, 0.25) is 0 Å². The minimum absolute atomic E-state index is 0.657. The average molecular weight is 299 g/mol. The molecule has 0 aromatic carbocycles. The molecule has 2 saturated heterocycles. The van der Waals surface area contributed by atoms with Crippen molar-refractivity contribution in [2.45, 2.75) is 37.8 Å². The average Bonchev–Trinajstić information content (AvgIpc) is 2.96. The summed E-state index contributed by atoms with van der Waals surface area (Å²) in [6, 6.07) is 0.657. The van der Waals surface area contributed by atoms with Crippen molar-refractivity contribution in [2.24, 2.45) is 0 Å². The number of hydrogen-bond donors (Lipinski definition) is 2. The number of likely N-dealkylation sites (tertiary alicyclic amines) is 1. The monoisotopic (exact) mass is 299 g/mol. The lowest BCUT2D eigenvalue weighted by Gasteiger charge is -2.32. The first kappa shape index (κ1) is 16.7. The van der Waals surface area contributed by atoms with Crippen LogP contribution in [0.4, 0.5) is 0 Å². The highest BCUT2D eigenvalue weighted by molar-refractivity contribution is 5.78. The third-order valence-corrected chi connectivity index (χ3v) is 4.98. The number of likely N-dealkylation sites (N-methyl/N-ethyl adjacent to an activating group) is 1. The van der Waals surface area contributed by atoms with Gasteiger partial charge in [0.2, 0.25) is 0 Å². The Morgan fingerprint density at radius 2 is 2.10 bits per heavy atom. The molecule has 2 fully saturated rings. The van der Waals surface area contributed by atoms with E-state index >= 15 is 0 Å². The Morgan fingerprint density at radius 3 is 2.71 bits per heavy atom. The summed E-state index contributed by atoms with van der Waals surface area (Å²) in [5.74, 6) is -0.766. The van der Waals surface area contributed by atoms with Gasteiger partial charge in [0.15, 0.2) is 0 Å². The first-order chi connectivity index (χ1) is 10.0. The summed E-state index contributed by atoms with van der Waals surface area (Å²) in [5, 5.41) is 12.2. The van der Waals surface area contributed by atoms with Gasteiger partial charge in [0.1, 0.15) is 5.54 Å². The zero-order valence-corrected chi connectivity index (χ0v) is 13.3. The number of rotatable bonds is 7. The maximum absolute atomic E-state index is 11.2. The maximum atomic E-state index is 11.2. The summed E-state index contributed by atoms with van der Waals surface area (Å²) in [6.45, 7) is 8.81. The summed E-state index contributed by atoms with van der Waals surface area (Å²) in [4.78, 5) is 16.3. The highest BCUT2D eigenvalue weighted by Gasteiger charge is 2.32. The van der Waals surface area contributed by atoms with Crippen LogP contribution in [-0.2, 0) is 9.53 Å². The van der Waals surface area contributed by atoms with E-state index in [1.807, 2.05) is 0 Å². The van der Waals surface area contributed by atoms with Gasteiger partial charge in [-0.05, 0) is 46.3 Å². The molecule has 0 radical (unpaired) electrons. The van der Waals surface area contributed by atoms with Crippen molar-refractivity contribution in [3.63, 3.8) is 0 Å². The number of nitrogens with zero attached hydrogens (tertiary/aromatic N) is 2. The zero-order valence-electron chi connectivity index (χ0n) is 13.3. The van der Waals surface area contributed by atoms with Crippen LogP contribution in [-0.4, -0.2) is 85.4 Å². The van der Waals surface area contributed by atoms with Crippen molar-refractivity contribution in [2.75, 3.05) is 53.0 Å². The van der Waals surface area contributed by atoms with Crippen LogP contribution in [0.3, 0.4) is 0 Å². The van der Waals surface area contributed by atoms with Gasteiger partial charge in [0, 0.05) is 25.7 Å². The van der Waals surface area contributed by atoms with E-state index in [1.165, 1.54) is 6.42 Å². The molecule has 0 amide bonds. The topological polar surface area (TPSA) is 65.0 Å². The first-order valence-electron chi connectivity index (χ1n) is 8.01. The molecular formula is C15H29N3O3. The lowest BCUT2D eigenvalue weighted by atomic mass is 9.96. The summed E-state index contributed by atoms with van der Waals surface area (Å²) >= 11 is 0. The molecule has 2 heterocycles. The maximum Gasteiger partial charge on any atom is 0.323 e. The molecule has 0 aromatic heterocycles. The second kappa shape index (κ2) is 7.54. The van der Waals surface area contributed by atoms with Crippen LogP contribution in [0, 0.1) is 0 Å². The second-order valence-corrected chi connectivity index (χ2v) is 6.38. The van der Waals surface area contributed by atoms with E-state index < -0.39 is 11.5 Å². The van der Waals surface area contributed by atoms with Gasteiger partial charge in [0.05, 0.1) is 13.2 Å². The largest absolute Gasteiger partial charge is 0.480 e. The molecule has 0 aromatic rings. The van der Waals surface area contributed by atoms with Crippen molar-refractivity contribution < 1.29 is 14.6 Å². The van der Waals surface area contributed by atoms with Gasteiger partial charge in [0.25, 0.3) is 0 Å². The highest BCUT2D eigenvalue weighted by atomic mass is 16.5. The molecule has 6 nitrogen and oxygen atoms in total. The van der Waals surface area contributed by atoms with Crippen molar-refractivity contribution in [3.8, 4) is 0 Å². The quantitative estimate of drug-likeness (QED) is 0.702. The van der Waals surface area contributed by atoms with E-state index in [1.54, 1.807) is 14.0 Å². The Bertz CT molecular complexity index is 347. The van der Waals surface area contributed by atoms with Gasteiger partial charge in [-0.3, -0.25) is 9.69 Å². The SMILES string of the molecule is CNC(C)(CCCN1CCC(N2CCOCC2)C1)C(=O)O. The van der Waals surface area contributed by atoms with Gasteiger partial charge in [-0.25, -0.2) is 0 Å². The number of ether oxygens (including phenoxy) is 1. The zero-order chi connectivity index (χ0) is 15.3. The van der Waals surface area contributed by atoms with Crippen molar-refractivity contribution in [1.29, 1.82) is 0 Å². The molecule has 0 bridgehead atoms. The normalized spacial score (nSPS) is 27.6. The fraction of sp³-hybridized carbons (Fsp3) is 0.933. The van der Waals surface area contributed by atoms with Gasteiger partial charge in [-0.2, -0.15) is 0 Å². The Labute approximate surface area is 127 Å². The summed E-state index contributed by atoms with van der Waals surface area (Å²) in [5.41, 5.74) is -0.802. The molecule has 2 N–H and O–H groups in total. The van der Waals surface area contributed by atoms with E-state index in [0.717, 1.165) is 52.4 Å². The molecular weight excluding hydrogens is 270 g/mol. The van der Waals surface area contributed by atoms with E-state index in [4.69, 9.17) is 4.74 Å². The number of carboxylic acid groups (broad SMARTS) is 1. The molecule has 2 atom stereocenters. The Morgan fingerprint density at radius 1 is 1.38 bits per heavy atom. The van der Waals surface area contributed by atoms with Crippen LogP contribution < -0.4 is 5.32 Å². The van der Waals surface area contributed by atoms with Crippen LogP contribution in [0.15, 0.2) is 0 Å². The third kappa shape index (κ3) is 4.39. The predicted octanol–water partition coefficient (Wildman–Crippen LogP) is 0.236. The van der Waals surface area contributed by atoms with Crippen molar-refractivity contribution in [1.82, 2.24) is 15.1 Å². The third-order valence-electron chi connectivity index (χ3n) is 4.98. The molecule has 2 unspecified atom stereocenters. The molecule has 0 spiro atoms. The molecule has 0 aliphatic carbocycles. The number of morpholine rings is 1. The molecule has 122 valence electrons. The lowest BCUT2D eigenvalue weighted by Crippen LogP contribution is -2.48. The minimum atomic E-state index is -0.802. The molecule has 2 rings (SSSR count). The van der Waals surface area contributed by atoms with Gasteiger partial charge in [-0.1, -0.05) is 0 Å². The smallest absolute Gasteiger partial charge is 0.323 e. The van der Waals surface area contributed by atoms with Gasteiger partial charge in [-0.15, -0.1) is 0 Å². The molecule has 0 saturated carbocycles. The van der Waals surface area contributed by atoms with Crippen molar-refractivity contribution in [3.05, 3.63) is 0 Å². The van der Waals surface area contributed by atoms with Crippen LogP contribution in [0.5, 0.6) is 0 Å². The predicted molar refractivity (Wildman–Crippen MR) is 81.6 cm³/mol. The number of nitrogens with one attached hydrogen (secondary N) is 1. The van der Waals surface area contributed by atoms with Crippen molar-refractivity contribution >= 4 is 5.97 Å². The van der Waals surface area contributed by atoms with Gasteiger partial charge < -0.3 is 20.1 Å². The van der Waals surface area contributed by atoms with Crippen LogP contribution >= 0.6 is 0 Å². The standard InChI is InChI=1S/C15H29N3O3/c1-15(16-2,14(19)20)5-3-6-17-7-4-13(12-17)18-8-10-21-11-9-18/h13,16H,3-12H2,1-2H3,(H,19,20). The number of aliphatic carboxylic acids is 1. The molecule has 2 aliphatic heterocycles. The minimum Gasteiger partial charge on any atom is -0.480 e. The fourth-order valence-corrected chi connectivity index (χ4v) is 3.25. The first-order valence-corrected chi connectivity index (χ1v) is 8.01. The molecule has 21 heavy (non-hydrogen) atoms. The van der Waals surface area contributed by atoms with E-state index in [9.17, 15) is 9.90 Å². The number of hydrogen-bond acceptors (Lipinski definition) is 5.